The number of hydrogen-bond acceptors (Lipinski definition) is 4. The van der Waals surface area contributed by atoms with Crippen molar-refractivity contribution in [2.75, 3.05) is 26.8 Å². The molecule has 1 amide bonds. The minimum absolute atomic E-state index is 0.0751. The van der Waals surface area contributed by atoms with Gasteiger partial charge in [0.15, 0.2) is 0 Å². The molecular weight excluding hydrogens is 354 g/mol. The van der Waals surface area contributed by atoms with Crippen LogP contribution in [0.1, 0.15) is 26.3 Å². The number of nitrogens with zero attached hydrogens (tertiary/aromatic N) is 1. The molecule has 5 nitrogen and oxygen atoms in total. The van der Waals surface area contributed by atoms with E-state index in [9.17, 15) is 9.59 Å². The number of benzene rings is 2. The van der Waals surface area contributed by atoms with Crippen LogP contribution in [0.3, 0.4) is 0 Å². The van der Waals surface area contributed by atoms with Gasteiger partial charge in [0.2, 0.25) is 0 Å². The normalized spacial score (nSPS) is 17.0. The number of carbonyl (C=O) groups excluding carboxylic acids is 2. The number of esters is 1. The first-order valence-corrected chi connectivity index (χ1v) is 8.79. The Morgan fingerprint density at radius 1 is 1.15 bits per heavy atom. The fourth-order valence-corrected chi connectivity index (χ4v) is 3.20. The molecule has 0 aromatic heterocycles. The summed E-state index contributed by atoms with van der Waals surface area (Å²) in [5, 5.41) is 0.706. The van der Waals surface area contributed by atoms with E-state index in [2.05, 4.69) is 4.74 Å². The zero-order valence-corrected chi connectivity index (χ0v) is 15.2. The Hall–Kier alpha value is -2.37. The highest BCUT2D eigenvalue weighted by atomic mass is 35.5. The highest BCUT2D eigenvalue weighted by Crippen LogP contribution is 2.20. The van der Waals surface area contributed by atoms with Crippen molar-refractivity contribution in [2.45, 2.75) is 12.5 Å². The molecule has 1 heterocycles. The van der Waals surface area contributed by atoms with Gasteiger partial charge in [-0.1, -0.05) is 29.8 Å². The second-order valence-electron chi connectivity index (χ2n) is 6.11. The van der Waals surface area contributed by atoms with Crippen LogP contribution in [0.15, 0.2) is 48.5 Å². The molecule has 2 aromatic carbocycles. The predicted molar refractivity (Wildman–Crippen MR) is 98.6 cm³/mol. The van der Waals surface area contributed by atoms with E-state index < -0.39 is 5.97 Å². The van der Waals surface area contributed by atoms with Gasteiger partial charge in [0.1, 0.15) is 0 Å². The van der Waals surface area contributed by atoms with Crippen molar-refractivity contribution in [1.29, 1.82) is 0 Å². The van der Waals surface area contributed by atoms with Crippen LogP contribution in [0.25, 0.3) is 0 Å². The van der Waals surface area contributed by atoms with Crippen molar-refractivity contribution < 1.29 is 19.1 Å². The quantitative estimate of drug-likeness (QED) is 0.772. The maximum atomic E-state index is 12.7. The predicted octanol–water partition coefficient (Wildman–Crippen LogP) is 3.21. The van der Waals surface area contributed by atoms with Crippen molar-refractivity contribution >= 4 is 23.5 Å². The van der Waals surface area contributed by atoms with Gasteiger partial charge in [-0.2, -0.15) is 0 Å². The Morgan fingerprint density at radius 3 is 2.54 bits per heavy atom. The van der Waals surface area contributed by atoms with Gasteiger partial charge in [-0.05, 0) is 35.9 Å². The fraction of sp³-hybridized carbons (Fsp3) is 0.300. The number of rotatable bonds is 4. The van der Waals surface area contributed by atoms with Gasteiger partial charge in [-0.25, -0.2) is 4.79 Å². The molecule has 1 aliphatic rings. The van der Waals surface area contributed by atoms with Crippen LogP contribution in [-0.4, -0.2) is 49.7 Å². The third-order valence-electron chi connectivity index (χ3n) is 4.38. The lowest BCUT2D eigenvalue weighted by atomic mass is 10.1. The summed E-state index contributed by atoms with van der Waals surface area (Å²) in [4.78, 5) is 26.0. The van der Waals surface area contributed by atoms with Crippen molar-refractivity contribution in [3.05, 3.63) is 70.2 Å². The molecule has 1 atom stereocenters. The van der Waals surface area contributed by atoms with E-state index in [-0.39, 0.29) is 12.0 Å². The van der Waals surface area contributed by atoms with Crippen LogP contribution in [0.5, 0.6) is 0 Å². The molecule has 0 radical (unpaired) electrons. The fourth-order valence-electron chi connectivity index (χ4n) is 2.99. The number of ether oxygens (including phenoxy) is 2. The number of methoxy groups -OCH3 is 1. The maximum Gasteiger partial charge on any atom is 0.337 e. The van der Waals surface area contributed by atoms with E-state index in [1.54, 1.807) is 29.2 Å². The highest BCUT2D eigenvalue weighted by molar-refractivity contribution is 6.31. The summed E-state index contributed by atoms with van der Waals surface area (Å²) in [7, 11) is 1.33. The largest absolute Gasteiger partial charge is 0.465 e. The molecule has 136 valence electrons. The molecule has 0 spiro atoms. The van der Waals surface area contributed by atoms with Crippen LogP contribution in [-0.2, 0) is 15.9 Å². The van der Waals surface area contributed by atoms with Gasteiger partial charge in [0.25, 0.3) is 5.91 Å². The van der Waals surface area contributed by atoms with E-state index in [0.29, 0.717) is 42.3 Å². The Balaban J connectivity index is 1.66. The lowest BCUT2D eigenvalue weighted by Gasteiger charge is -2.33. The van der Waals surface area contributed by atoms with Crippen LogP contribution >= 0.6 is 11.6 Å². The first kappa shape index (κ1) is 18.4. The average molecular weight is 374 g/mol. The van der Waals surface area contributed by atoms with Gasteiger partial charge in [-0.3, -0.25) is 4.79 Å². The lowest BCUT2D eigenvalue weighted by Crippen LogP contribution is -2.46. The number of hydrogen-bond donors (Lipinski definition) is 0. The maximum absolute atomic E-state index is 12.7. The average Bonchev–Trinajstić information content (AvgIpc) is 2.69. The molecule has 6 heteroatoms. The number of carbonyl (C=O) groups is 2. The lowest BCUT2D eigenvalue weighted by molar-refractivity contribution is -0.0208. The zero-order valence-electron chi connectivity index (χ0n) is 14.5. The number of halogens is 1. The van der Waals surface area contributed by atoms with Crippen molar-refractivity contribution in [3.8, 4) is 0 Å². The zero-order chi connectivity index (χ0) is 18.5. The molecule has 1 saturated heterocycles. The molecule has 1 aliphatic heterocycles. The summed E-state index contributed by atoms with van der Waals surface area (Å²) in [5.74, 6) is -0.496. The van der Waals surface area contributed by atoms with Crippen LogP contribution in [0.2, 0.25) is 5.02 Å². The Morgan fingerprint density at radius 2 is 1.85 bits per heavy atom. The van der Waals surface area contributed by atoms with E-state index in [1.807, 2.05) is 24.3 Å². The summed E-state index contributed by atoms with van der Waals surface area (Å²) in [6.07, 6.45) is 0.562. The van der Waals surface area contributed by atoms with Crippen molar-refractivity contribution in [3.63, 3.8) is 0 Å². The second-order valence-corrected chi connectivity index (χ2v) is 6.52. The minimum atomic E-state index is -0.421. The molecule has 0 N–H and O–H groups in total. The first-order valence-electron chi connectivity index (χ1n) is 8.41. The van der Waals surface area contributed by atoms with Crippen LogP contribution in [0.4, 0.5) is 0 Å². The monoisotopic (exact) mass is 373 g/mol. The molecule has 0 saturated carbocycles. The van der Waals surface area contributed by atoms with Crippen LogP contribution in [0, 0.1) is 0 Å². The molecule has 2 aromatic rings. The van der Waals surface area contributed by atoms with E-state index >= 15 is 0 Å². The van der Waals surface area contributed by atoms with E-state index in [4.69, 9.17) is 16.3 Å². The standard InChI is InChI=1S/C20H20ClNO4/c1-25-20(24)15-8-6-14(7-9-15)19(23)22-10-11-26-17(13-22)12-16-4-2-3-5-18(16)21/h2-9,17H,10-13H2,1H3/t17-/m0/s1. The molecular formula is C20H20ClNO4. The van der Waals surface area contributed by atoms with Gasteiger partial charge in [0.05, 0.1) is 25.4 Å². The minimum Gasteiger partial charge on any atom is -0.465 e. The molecule has 26 heavy (non-hydrogen) atoms. The summed E-state index contributed by atoms with van der Waals surface area (Å²) in [6, 6.07) is 14.1. The summed E-state index contributed by atoms with van der Waals surface area (Å²) in [6.45, 7) is 1.53. The smallest absolute Gasteiger partial charge is 0.337 e. The molecule has 0 bridgehead atoms. The van der Waals surface area contributed by atoms with Gasteiger partial charge in [0, 0.05) is 30.1 Å². The first-order chi connectivity index (χ1) is 12.6. The number of amides is 1. The van der Waals surface area contributed by atoms with Crippen molar-refractivity contribution in [2.24, 2.45) is 0 Å². The van der Waals surface area contributed by atoms with E-state index in [1.165, 1.54) is 7.11 Å². The van der Waals surface area contributed by atoms with Gasteiger partial charge in [-0.15, -0.1) is 0 Å². The summed E-state index contributed by atoms with van der Waals surface area (Å²) >= 11 is 6.22. The molecule has 0 aliphatic carbocycles. The Bertz CT molecular complexity index is 791. The Kier molecular flexibility index (Phi) is 5.91. The third kappa shape index (κ3) is 4.23. The third-order valence-corrected chi connectivity index (χ3v) is 4.75. The van der Waals surface area contributed by atoms with Gasteiger partial charge < -0.3 is 14.4 Å². The van der Waals surface area contributed by atoms with Crippen LogP contribution < -0.4 is 0 Å². The molecule has 3 rings (SSSR count). The Labute approximate surface area is 157 Å². The van der Waals surface area contributed by atoms with Gasteiger partial charge >= 0.3 is 5.97 Å². The SMILES string of the molecule is COC(=O)c1ccc(C(=O)N2CCO[C@@H](Cc3ccccc3Cl)C2)cc1. The van der Waals surface area contributed by atoms with Crippen molar-refractivity contribution in [1.82, 2.24) is 4.90 Å². The molecule has 0 unspecified atom stereocenters. The number of morpholine rings is 1. The summed E-state index contributed by atoms with van der Waals surface area (Å²) in [5.41, 5.74) is 1.97. The summed E-state index contributed by atoms with van der Waals surface area (Å²) < 4.78 is 10.5. The second kappa shape index (κ2) is 8.34. The highest BCUT2D eigenvalue weighted by Gasteiger charge is 2.25. The molecule has 1 fully saturated rings. The topological polar surface area (TPSA) is 55.8 Å². The van der Waals surface area contributed by atoms with E-state index in [0.717, 1.165) is 5.56 Å².